The fourth-order valence-electron chi connectivity index (χ4n) is 1.60. The molecule has 0 saturated heterocycles. The highest BCUT2D eigenvalue weighted by molar-refractivity contribution is 9.10. The Labute approximate surface area is 120 Å². The van der Waals surface area contributed by atoms with Crippen LogP contribution in [0.4, 0.5) is 0 Å². The number of rotatable bonds is 4. The van der Waals surface area contributed by atoms with Crippen molar-refractivity contribution in [3.63, 3.8) is 0 Å². The molecular formula is C15H12BrNO2. The summed E-state index contributed by atoms with van der Waals surface area (Å²) in [5.41, 5.74) is 0.481. The zero-order valence-corrected chi connectivity index (χ0v) is 12.0. The molecule has 0 aliphatic carbocycles. The van der Waals surface area contributed by atoms with Gasteiger partial charge in [-0.3, -0.25) is 0 Å². The maximum Gasteiger partial charge on any atom is 0.169 e. The van der Waals surface area contributed by atoms with Crippen molar-refractivity contribution in [3.05, 3.63) is 52.5 Å². The van der Waals surface area contributed by atoms with Gasteiger partial charge >= 0.3 is 0 Å². The maximum atomic E-state index is 9.08. The molecule has 2 aromatic rings. The second-order valence-corrected chi connectivity index (χ2v) is 4.65. The standard InChI is InChI=1S/C15H12BrNO2/c1-2-18-13-5-3-4-6-14(13)19-15-9-12(16)8-7-11(15)10-17/h3-9H,2H2,1H3. The van der Waals surface area contributed by atoms with Crippen molar-refractivity contribution < 1.29 is 9.47 Å². The van der Waals surface area contributed by atoms with Gasteiger partial charge in [-0.1, -0.05) is 28.1 Å². The van der Waals surface area contributed by atoms with Crippen molar-refractivity contribution in [2.75, 3.05) is 6.61 Å². The minimum absolute atomic E-state index is 0.481. The third kappa shape index (κ3) is 3.27. The summed E-state index contributed by atoms with van der Waals surface area (Å²) in [6.45, 7) is 2.47. The molecule has 0 atom stereocenters. The van der Waals surface area contributed by atoms with E-state index in [-0.39, 0.29) is 0 Å². The zero-order chi connectivity index (χ0) is 13.7. The van der Waals surface area contributed by atoms with Crippen LogP contribution in [0.15, 0.2) is 46.9 Å². The molecule has 2 rings (SSSR count). The average Bonchev–Trinajstić information content (AvgIpc) is 2.42. The molecule has 0 aromatic heterocycles. The van der Waals surface area contributed by atoms with Crippen LogP contribution in [-0.4, -0.2) is 6.61 Å². The minimum Gasteiger partial charge on any atom is -0.490 e. The maximum absolute atomic E-state index is 9.08. The van der Waals surface area contributed by atoms with Crippen LogP contribution in [0.2, 0.25) is 0 Å². The summed E-state index contributed by atoms with van der Waals surface area (Å²) in [5.74, 6) is 1.76. The second kappa shape index (κ2) is 6.26. The molecule has 0 amide bonds. The van der Waals surface area contributed by atoms with Gasteiger partial charge in [0.25, 0.3) is 0 Å². The molecule has 2 aromatic carbocycles. The third-order valence-electron chi connectivity index (χ3n) is 2.43. The van der Waals surface area contributed by atoms with Gasteiger partial charge in [0.05, 0.1) is 12.2 Å². The first kappa shape index (κ1) is 13.4. The lowest BCUT2D eigenvalue weighted by atomic mass is 10.2. The lowest BCUT2D eigenvalue weighted by Crippen LogP contribution is -1.95. The van der Waals surface area contributed by atoms with Gasteiger partial charge in [-0.2, -0.15) is 5.26 Å². The van der Waals surface area contributed by atoms with Crippen LogP contribution in [0, 0.1) is 11.3 Å². The number of ether oxygens (including phenoxy) is 2. The first-order chi connectivity index (χ1) is 9.24. The monoisotopic (exact) mass is 317 g/mol. The van der Waals surface area contributed by atoms with E-state index in [1.807, 2.05) is 31.2 Å². The number of nitrogens with zero attached hydrogens (tertiary/aromatic N) is 1. The molecule has 4 heteroatoms. The fraction of sp³-hybridized carbons (Fsp3) is 0.133. The number of benzene rings is 2. The second-order valence-electron chi connectivity index (χ2n) is 3.73. The van der Waals surface area contributed by atoms with Crippen molar-refractivity contribution in [1.82, 2.24) is 0 Å². The van der Waals surface area contributed by atoms with Gasteiger partial charge in [-0.05, 0) is 37.3 Å². The van der Waals surface area contributed by atoms with E-state index in [2.05, 4.69) is 22.0 Å². The van der Waals surface area contributed by atoms with Crippen LogP contribution in [0.1, 0.15) is 12.5 Å². The highest BCUT2D eigenvalue weighted by Gasteiger charge is 2.09. The Morgan fingerprint density at radius 1 is 1.11 bits per heavy atom. The Bertz CT molecular complexity index is 620. The Hall–Kier alpha value is -1.99. The van der Waals surface area contributed by atoms with Crippen LogP contribution in [-0.2, 0) is 0 Å². The van der Waals surface area contributed by atoms with E-state index in [0.29, 0.717) is 29.4 Å². The normalized spacial score (nSPS) is 9.74. The van der Waals surface area contributed by atoms with Crippen molar-refractivity contribution in [1.29, 1.82) is 5.26 Å². The smallest absolute Gasteiger partial charge is 0.169 e. The van der Waals surface area contributed by atoms with E-state index in [4.69, 9.17) is 14.7 Å². The summed E-state index contributed by atoms with van der Waals surface area (Å²) in [6, 6.07) is 14.8. The Morgan fingerprint density at radius 2 is 1.84 bits per heavy atom. The highest BCUT2D eigenvalue weighted by atomic mass is 79.9. The zero-order valence-electron chi connectivity index (χ0n) is 10.4. The molecule has 0 bridgehead atoms. The topological polar surface area (TPSA) is 42.2 Å². The van der Waals surface area contributed by atoms with Gasteiger partial charge in [-0.25, -0.2) is 0 Å². The van der Waals surface area contributed by atoms with Crippen LogP contribution in [0.25, 0.3) is 0 Å². The predicted molar refractivity (Wildman–Crippen MR) is 76.5 cm³/mol. The van der Waals surface area contributed by atoms with Gasteiger partial charge in [-0.15, -0.1) is 0 Å². The summed E-state index contributed by atoms with van der Waals surface area (Å²) >= 11 is 3.37. The largest absolute Gasteiger partial charge is 0.490 e. The number of nitriles is 1. The van der Waals surface area contributed by atoms with Crippen molar-refractivity contribution in [3.8, 4) is 23.3 Å². The molecule has 0 radical (unpaired) electrons. The van der Waals surface area contributed by atoms with E-state index in [0.717, 1.165) is 4.47 Å². The lowest BCUT2D eigenvalue weighted by molar-refractivity contribution is 0.321. The van der Waals surface area contributed by atoms with Crippen LogP contribution < -0.4 is 9.47 Å². The molecule has 19 heavy (non-hydrogen) atoms. The Morgan fingerprint density at radius 3 is 2.53 bits per heavy atom. The van der Waals surface area contributed by atoms with Crippen LogP contribution in [0.5, 0.6) is 17.2 Å². The summed E-state index contributed by atoms with van der Waals surface area (Å²) in [7, 11) is 0. The Kier molecular flexibility index (Phi) is 4.43. The lowest BCUT2D eigenvalue weighted by Gasteiger charge is -2.12. The molecule has 0 unspecified atom stereocenters. The summed E-state index contributed by atoms with van der Waals surface area (Å²) in [6.07, 6.45) is 0. The SMILES string of the molecule is CCOc1ccccc1Oc1cc(Br)ccc1C#N. The van der Waals surface area contributed by atoms with Crippen molar-refractivity contribution >= 4 is 15.9 Å². The predicted octanol–water partition coefficient (Wildman–Crippen LogP) is 4.51. The molecular weight excluding hydrogens is 306 g/mol. The van der Waals surface area contributed by atoms with Gasteiger partial charge in [0.15, 0.2) is 11.5 Å². The minimum atomic E-state index is 0.481. The third-order valence-corrected chi connectivity index (χ3v) is 2.93. The fourth-order valence-corrected chi connectivity index (χ4v) is 1.94. The number of hydrogen-bond donors (Lipinski definition) is 0. The summed E-state index contributed by atoms with van der Waals surface area (Å²) in [4.78, 5) is 0. The van der Waals surface area contributed by atoms with E-state index in [9.17, 15) is 0 Å². The summed E-state index contributed by atoms with van der Waals surface area (Å²) < 4.78 is 12.1. The van der Waals surface area contributed by atoms with Crippen LogP contribution >= 0.6 is 15.9 Å². The van der Waals surface area contributed by atoms with Crippen molar-refractivity contribution in [2.45, 2.75) is 6.92 Å². The molecule has 0 fully saturated rings. The molecule has 3 nitrogen and oxygen atoms in total. The molecule has 0 spiro atoms. The first-order valence-corrected chi connectivity index (χ1v) is 6.63. The molecule has 0 N–H and O–H groups in total. The molecule has 96 valence electrons. The van der Waals surface area contributed by atoms with Crippen LogP contribution in [0.3, 0.4) is 0 Å². The average molecular weight is 318 g/mol. The van der Waals surface area contributed by atoms with Gasteiger partial charge < -0.3 is 9.47 Å². The number of halogens is 1. The van der Waals surface area contributed by atoms with E-state index in [1.165, 1.54) is 0 Å². The van der Waals surface area contributed by atoms with Gasteiger partial charge in [0.2, 0.25) is 0 Å². The van der Waals surface area contributed by atoms with E-state index < -0.39 is 0 Å². The molecule has 0 aliphatic heterocycles. The molecule has 0 aliphatic rings. The van der Waals surface area contributed by atoms with E-state index in [1.54, 1.807) is 18.2 Å². The first-order valence-electron chi connectivity index (χ1n) is 5.84. The van der Waals surface area contributed by atoms with Gasteiger partial charge in [0.1, 0.15) is 11.8 Å². The van der Waals surface area contributed by atoms with Gasteiger partial charge in [0, 0.05) is 4.47 Å². The quantitative estimate of drug-likeness (QED) is 0.833. The van der Waals surface area contributed by atoms with Crippen molar-refractivity contribution in [2.24, 2.45) is 0 Å². The number of hydrogen-bond acceptors (Lipinski definition) is 3. The Balaban J connectivity index is 2.36. The summed E-state index contributed by atoms with van der Waals surface area (Å²) in [5, 5.41) is 9.08. The highest BCUT2D eigenvalue weighted by Crippen LogP contribution is 2.34. The molecule has 0 saturated carbocycles. The van der Waals surface area contributed by atoms with E-state index >= 15 is 0 Å². The molecule has 0 heterocycles. The number of para-hydroxylation sites is 2.